The van der Waals surface area contributed by atoms with Gasteiger partial charge in [0.05, 0.1) is 15.8 Å². The Morgan fingerprint density at radius 1 is 1.48 bits per heavy atom. The van der Waals surface area contributed by atoms with Gasteiger partial charge in [0.25, 0.3) is 5.56 Å². The zero-order chi connectivity index (χ0) is 22.4. The molecule has 4 unspecified atom stereocenters. The zero-order valence-electron chi connectivity index (χ0n) is 18.4. The van der Waals surface area contributed by atoms with Crippen molar-refractivity contribution in [2.45, 2.75) is 78.5 Å². The minimum Gasteiger partial charge on any atom is -0.425 e. The molecular formula is C18H30IN4O5P. The maximum atomic E-state index is 12.3. The van der Waals surface area contributed by atoms with E-state index in [9.17, 15) is 9.59 Å². The van der Waals surface area contributed by atoms with Gasteiger partial charge in [0, 0.05) is 32.6 Å². The zero-order valence-corrected chi connectivity index (χ0v) is 20.4. The summed E-state index contributed by atoms with van der Waals surface area (Å²) in [5.41, 5.74) is -0.981. The van der Waals surface area contributed by atoms with Crippen LogP contribution in [0.15, 0.2) is 20.8 Å². The van der Waals surface area contributed by atoms with Crippen LogP contribution in [0.1, 0.15) is 55.5 Å². The van der Waals surface area contributed by atoms with Crippen LogP contribution in [0.5, 0.6) is 0 Å². The van der Waals surface area contributed by atoms with Crippen LogP contribution in [0.3, 0.4) is 0 Å². The van der Waals surface area contributed by atoms with E-state index < -0.39 is 38.2 Å². The molecule has 1 saturated heterocycles. The van der Waals surface area contributed by atoms with Crippen molar-refractivity contribution >= 4 is 37.5 Å². The normalized spacial score (nSPS) is 24.0. The molecule has 9 nitrogen and oxygen atoms in total. The molecule has 2 heterocycles. The average Bonchev–Trinajstić information content (AvgIpc) is 3.06. The third-order valence-electron chi connectivity index (χ3n) is 4.28. The molecule has 11 heteroatoms. The van der Waals surface area contributed by atoms with Crippen LogP contribution in [0.25, 0.3) is 0 Å². The molecule has 1 aromatic heterocycles. The molecule has 1 N–H and O–H groups in total. The van der Waals surface area contributed by atoms with Crippen molar-refractivity contribution in [1.82, 2.24) is 14.2 Å². The van der Waals surface area contributed by atoms with Crippen LogP contribution in [0.2, 0.25) is 0 Å². The average molecular weight is 541 g/mol. The van der Waals surface area contributed by atoms with Gasteiger partial charge in [-0.15, -0.1) is 0 Å². The number of nitrogens with one attached hydrogen (secondary N) is 1. The molecule has 1 aromatic rings. The Labute approximate surface area is 187 Å². The van der Waals surface area contributed by atoms with E-state index >= 15 is 0 Å². The fraction of sp³-hybridized carbons (Fsp3) is 0.722. The lowest BCUT2D eigenvalue weighted by Crippen LogP contribution is -2.35. The first-order valence-corrected chi connectivity index (χ1v) is 11.8. The summed E-state index contributed by atoms with van der Waals surface area (Å²) < 4.78 is 29.9. The molecule has 164 valence electrons. The third-order valence-corrected chi connectivity index (χ3v) is 7.08. The van der Waals surface area contributed by atoms with E-state index in [-0.39, 0.29) is 19.0 Å². The number of aliphatic imine (C=N–C) groups is 1. The van der Waals surface area contributed by atoms with Gasteiger partial charge in [-0.25, -0.2) is 9.46 Å². The van der Waals surface area contributed by atoms with Gasteiger partial charge in [-0.3, -0.25) is 19.3 Å². The molecule has 0 aromatic carbocycles. The number of nitrogens with zero attached hydrogens (tertiary/aromatic N) is 3. The van der Waals surface area contributed by atoms with Gasteiger partial charge in [-0.05, 0) is 64.1 Å². The molecular weight excluding hydrogens is 510 g/mol. The minimum absolute atomic E-state index is 0.0219. The first-order valence-electron chi connectivity index (χ1n) is 10.3. The van der Waals surface area contributed by atoms with Crippen molar-refractivity contribution in [2.24, 2.45) is 4.99 Å². The Kier molecular flexibility index (Phi) is 8.67. The summed E-state index contributed by atoms with van der Waals surface area (Å²) in [4.78, 5) is 30.3. The summed E-state index contributed by atoms with van der Waals surface area (Å²) >= 11 is 1.87. The predicted molar refractivity (Wildman–Crippen MR) is 122 cm³/mol. The van der Waals surface area contributed by atoms with Gasteiger partial charge in [-0.1, -0.05) is 0 Å². The summed E-state index contributed by atoms with van der Waals surface area (Å²) in [5.74, 6) is 0. The highest BCUT2D eigenvalue weighted by Crippen LogP contribution is 2.49. The highest BCUT2D eigenvalue weighted by Gasteiger charge is 2.39. The Balaban J connectivity index is 2.26. The maximum absolute atomic E-state index is 12.3. The summed E-state index contributed by atoms with van der Waals surface area (Å²) in [7, 11) is -1.49. The van der Waals surface area contributed by atoms with E-state index in [1.807, 2.05) is 29.5 Å². The van der Waals surface area contributed by atoms with Gasteiger partial charge < -0.3 is 13.8 Å². The summed E-state index contributed by atoms with van der Waals surface area (Å²) in [6.45, 7) is 10.8. The van der Waals surface area contributed by atoms with Crippen LogP contribution in [0.4, 0.5) is 0 Å². The smallest absolute Gasteiger partial charge is 0.330 e. The highest BCUT2D eigenvalue weighted by atomic mass is 127. The lowest BCUT2D eigenvalue weighted by atomic mass is 10.2. The number of aromatic nitrogens is 2. The molecule has 29 heavy (non-hydrogen) atoms. The number of H-pyrrole nitrogens is 1. The minimum atomic E-state index is -1.49. The first kappa shape index (κ1) is 22.9. The van der Waals surface area contributed by atoms with Crippen LogP contribution in [0, 0.1) is 3.57 Å². The first-order chi connectivity index (χ1) is 14.2. The Morgan fingerprint density at radius 3 is 2.76 bits per heavy atom. The van der Waals surface area contributed by atoms with Crippen molar-refractivity contribution in [3.63, 3.8) is 0 Å². The molecule has 1 fully saturated rings. The number of hydrogen-bond donors (Lipinski definition) is 1. The van der Waals surface area contributed by atoms with Gasteiger partial charge in [0.1, 0.15) is 6.23 Å². The fourth-order valence-electron chi connectivity index (χ4n) is 3.03. The summed E-state index contributed by atoms with van der Waals surface area (Å²) in [5, 5.41) is 0. The second-order valence-corrected chi connectivity index (χ2v) is 9.69. The molecule has 0 amide bonds. The molecule has 0 aliphatic carbocycles. The van der Waals surface area contributed by atoms with Crippen LogP contribution < -0.4 is 11.2 Å². The van der Waals surface area contributed by atoms with Gasteiger partial charge >= 0.3 is 14.2 Å². The highest BCUT2D eigenvalue weighted by molar-refractivity contribution is 14.1. The van der Waals surface area contributed by atoms with Crippen molar-refractivity contribution < 1.29 is 15.2 Å². The molecule has 0 saturated carbocycles. The monoisotopic (exact) mass is 541 g/mol. The van der Waals surface area contributed by atoms with Gasteiger partial charge in [0.2, 0.25) is 0 Å². The Morgan fingerprint density at radius 2 is 2.17 bits per heavy atom. The lowest BCUT2D eigenvalue weighted by Gasteiger charge is -2.36. The number of rotatable bonds is 9. The molecule has 0 spiro atoms. The van der Waals surface area contributed by atoms with Crippen molar-refractivity contribution in [3.8, 4) is 0 Å². The van der Waals surface area contributed by atoms with E-state index in [4.69, 9.17) is 15.2 Å². The Hall–Kier alpha value is -0.810. The van der Waals surface area contributed by atoms with Crippen molar-refractivity contribution in [3.05, 3.63) is 30.6 Å². The maximum Gasteiger partial charge on any atom is 0.330 e. The molecule has 1 aliphatic rings. The predicted octanol–water partition coefficient (Wildman–Crippen LogP) is 3.24. The SMILES string of the molecule is [2H]CC1OC(n2cc(I)c(=O)[nH]c2=O)CC1OP(OC=NCC)N(C(C)C)C(C)C. The number of ether oxygens (including phenoxy) is 1. The summed E-state index contributed by atoms with van der Waals surface area (Å²) in [6, 6.07) is 0.337. The number of aromatic amines is 1. The largest absolute Gasteiger partial charge is 0.425 e. The second-order valence-electron chi connectivity index (χ2n) is 7.17. The van der Waals surface area contributed by atoms with Crippen LogP contribution >= 0.6 is 31.1 Å². The lowest BCUT2D eigenvalue weighted by molar-refractivity contribution is -0.00785. The molecule has 0 bridgehead atoms. The Bertz CT molecular complexity index is 826. The molecule has 1 aliphatic heterocycles. The van der Waals surface area contributed by atoms with Gasteiger partial charge in [0.15, 0.2) is 6.40 Å². The number of halogens is 1. The quantitative estimate of drug-likeness (QED) is 0.223. The number of hydrogen-bond acceptors (Lipinski definition) is 7. The van der Waals surface area contributed by atoms with E-state index in [2.05, 4.69) is 42.3 Å². The van der Waals surface area contributed by atoms with E-state index in [1.165, 1.54) is 17.2 Å². The van der Waals surface area contributed by atoms with E-state index in [0.717, 1.165) is 0 Å². The van der Waals surface area contributed by atoms with Crippen molar-refractivity contribution in [1.29, 1.82) is 0 Å². The fourth-order valence-corrected chi connectivity index (χ4v) is 5.09. The molecule has 0 radical (unpaired) electrons. The van der Waals surface area contributed by atoms with Crippen LogP contribution in [-0.2, 0) is 13.8 Å². The van der Waals surface area contributed by atoms with Gasteiger partial charge in [-0.2, -0.15) is 0 Å². The molecule has 2 rings (SSSR count). The second kappa shape index (κ2) is 11.0. The standard InChI is InChI=1S/C18H30IN4O5P/c1-7-20-10-26-29(23(11(2)3)12(4)5)28-15-8-16(27-13(15)6)22-9-14(19)17(24)21-18(22)25/h9-13,15-16H,7-8H2,1-6H3,(H,21,24,25)/i6D. The topological polar surface area (TPSA) is 98.2 Å². The molecule has 4 atom stereocenters. The third kappa shape index (κ3) is 6.33. The van der Waals surface area contributed by atoms with E-state index in [0.29, 0.717) is 16.5 Å². The van der Waals surface area contributed by atoms with Crippen LogP contribution in [-0.4, -0.2) is 51.5 Å². The van der Waals surface area contributed by atoms with Crippen molar-refractivity contribution in [2.75, 3.05) is 6.54 Å². The van der Waals surface area contributed by atoms with E-state index in [1.54, 1.807) is 0 Å². The summed E-state index contributed by atoms with van der Waals surface area (Å²) in [6.07, 6.45) is 1.66.